The molecule has 1 aliphatic rings. The summed E-state index contributed by atoms with van der Waals surface area (Å²) in [4.78, 5) is 11.8. The smallest absolute Gasteiger partial charge is 0.179 e. The second-order valence-electron chi connectivity index (χ2n) is 4.22. The minimum absolute atomic E-state index is 0.0104. The number of carbonyl (C=O) groups is 1. The van der Waals surface area contributed by atoms with Gasteiger partial charge in [0.2, 0.25) is 0 Å². The first-order valence-electron chi connectivity index (χ1n) is 5.77. The number of nitrogens with two attached hydrogens (primary N) is 1. The van der Waals surface area contributed by atoms with Crippen LogP contribution >= 0.6 is 0 Å². The number of ether oxygens (including phenoxy) is 1. The first-order chi connectivity index (χ1) is 7.70. The molecule has 0 spiro atoms. The summed E-state index contributed by atoms with van der Waals surface area (Å²) >= 11 is 0. The highest BCUT2D eigenvalue weighted by atomic mass is 16.5. The third-order valence-electron chi connectivity index (χ3n) is 2.72. The molecule has 1 aromatic carbocycles. The average molecular weight is 219 g/mol. The molecular weight excluding hydrogens is 202 g/mol. The lowest BCUT2D eigenvalue weighted by molar-refractivity contribution is 0.0959. The molecule has 3 nitrogen and oxygen atoms in total. The number of hydrogen-bond donors (Lipinski definition) is 1. The van der Waals surface area contributed by atoms with Crippen molar-refractivity contribution in [2.45, 2.75) is 38.3 Å². The van der Waals surface area contributed by atoms with Crippen molar-refractivity contribution in [3.8, 4) is 5.75 Å². The Morgan fingerprint density at radius 3 is 2.94 bits per heavy atom. The normalized spacial score (nSPS) is 16.9. The predicted octanol–water partition coefficient (Wildman–Crippen LogP) is 2.15. The van der Waals surface area contributed by atoms with Gasteiger partial charge in [-0.1, -0.05) is 19.1 Å². The van der Waals surface area contributed by atoms with E-state index in [1.807, 2.05) is 19.1 Å². The van der Waals surface area contributed by atoms with Crippen molar-refractivity contribution >= 4 is 5.78 Å². The van der Waals surface area contributed by atoms with Gasteiger partial charge in [0.1, 0.15) is 5.75 Å². The maximum absolute atomic E-state index is 11.8. The Morgan fingerprint density at radius 1 is 1.56 bits per heavy atom. The fourth-order valence-corrected chi connectivity index (χ4v) is 1.50. The van der Waals surface area contributed by atoms with E-state index in [9.17, 15) is 4.79 Å². The van der Waals surface area contributed by atoms with Gasteiger partial charge in [0.15, 0.2) is 5.78 Å². The number of rotatable bonds is 5. The summed E-state index contributed by atoms with van der Waals surface area (Å²) in [6, 6.07) is 6.89. The van der Waals surface area contributed by atoms with Crippen LogP contribution in [-0.4, -0.2) is 17.9 Å². The number of ketones is 1. The lowest BCUT2D eigenvalue weighted by atomic mass is 10.0. The Balaban J connectivity index is 2.10. The third kappa shape index (κ3) is 2.61. The van der Waals surface area contributed by atoms with Crippen molar-refractivity contribution in [3.63, 3.8) is 0 Å². The van der Waals surface area contributed by atoms with Crippen molar-refractivity contribution in [1.29, 1.82) is 0 Å². The number of hydrogen-bond acceptors (Lipinski definition) is 3. The fraction of sp³-hybridized carbons (Fsp3) is 0.462. The van der Waals surface area contributed by atoms with Crippen LogP contribution in [0.5, 0.6) is 5.75 Å². The summed E-state index contributed by atoms with van der Waals surface area (Å²) in [5, 5.41) is 0. The van der Waals surface area contributed by atoms with E-state index >= 15 is 0 Å². The van der Waals surface area contributed by atoms with E-state index in [0.717, 1.165) is 18.6 Å². The number of benzene rings is 1. The second-order valence-corrected chi connectivity index (χ2v) is 4.22. The molecule has 0 bridgehead atoms. The van der Waals surface area contributed by atoms with E-state index in [0.29, 0.717) is 18.1 Å². The van der Waals surface area contributed by atoms with E-state index in [1.54, 1.807) is 12.1 Å². The molecule has 1 aliphatic carbocycles. The Labute approximate surface area is 95.6 Å². The molecule has 0 radical (unpaired) electrons. The molecule has 3 heteroatoms. The zero-order valence-electron chi connectivity index (χ0n) is 9.48. The van der Waals surface area contributed by atoms with Crippen molar-refractivity contribution in [1.82, 2.24) is 0 Å². The highest BCUT2D eigenvalue weighted by molar-refractivity contribution is 6.00. The topological polar surface area (TPSA) is 52.3 Å². The van der Waals surface area contributed by atoms with Crippen LogP contribution in [-0.2, 0) is 0 Å². The standard InChI is InChI=1S/C13H17NO2/c1-2-12(14)13(15)9-4-3-5-11(8-9)16-10-6-7-10/h3-5,8,10,12H,2,6-7,14H2,1H3. The second kappa shape index (κ2) is 4.66. The van der Waals surface area contributed by atoms with Crippen LogP contribution in [0.3, 0.4) is 0 Å². The summed E-state index contributed by atoms with van der Waals surface area (Å²) < 4.78 is 5.64. The van der Waals surface area contributed by atoms with Crippen LogP contribution < -0.4 is 10.5 Å². The molecule has 1 atom stereocenters. The van der Waals surface area contributed by atoms with E-state index in [4.69, 9.17) is 10.5 Å². The van der Waals surface area contributed by atoms with Gasteiger partial charge in [-0.2, -0.15) is 0 Å². The van der Waals surface area contributed by atoms with Crippen molar-refractivity contribution < 1.29 is 9.53 Å². The summed E-state index contributed by atoms with van der Waals surface area (Å²) in [6.07, 6.45) is 3.25. The van der Waals surface area contributed by atoms with Crippen molar-refractivity contribution in [3.05, 3.63) is 29.8 Å². The molecule has 1 unspecified atom stereocenters. The molecule has 16 heavy (non-hydrogen) atoms. The Kier molecular flexibility index (Phi) is 3.25. The molecular formula is C13H17NO2. The van der Waals surface area contributed by atoms with Gasteiger partial charge in [0.25, 0.3) is 0 Å². The van der Waals surface area contributed by atoms with Gasteiger partial charge in [-0.05, 0) is 31.4 Å². The molecule has 1 aromatic rings. The zero-order valence-corrected chi connectivity index (χ0v) is 9.48. The molecule has 2 N–H and O–H groups in total. The molecule has 2 rings (SSSR count). The first-order valence-corrected chi connectivity index (χ1v) is 5.77. The van der Waals surface area contributed by atoms with E-state index in [2.05, 4.69) is 0 Å². The molecule has 0 heterocycles. The lowest BCUT2D eigenvalue weighted by Crippen LogP contribution is -2.29. The predicted molar refractivity (Wildman–Crippen MR) is 62.7 cm³/mol. The molecule has 86 valence electrons. The quantitative estimate of drug-likeness (QED) is 0.772. The summed E-state index contributed by atoms with van der Waals surface area (Å²) in [6.45, 7) is 1.91. The minimum Gasteiger partial charge on any atom is -0.490 e. The third-order valence-corrected chi connectivity index (χ3v) is 2.72. The number of carbonyl (C=O) groups excluding carboxylic acids is 1. The van der Waals surface area contributed by atoms with Gasteiger partial charge in [-0.15, -0.1) is 0 Å². The Hall–Kier alpha value is -1.35. The monoisotopic (exact) mass is 219 g/mol. The van der Waals surface area contributed by atoms with Crippen LogP contribution in [0.4, 0.5) is 0 Å². The van der Waals surface area contributed by atoms with Gasteiger partial charge in [0.05, 0.1) is 12.1 Å². The van der Waals surface area contributed by atoms with E-state index < -0.39 is 6.04 Å². The highest BCUT2D eigenvalue weighted by Crippen LogP contribution is 2.27. The average Bonchev–Trinajstić information content (AvgIpc) is 3.11. The van der Waals surface area contributed by atoms with Gasteiger partial charge in [0, 0.05) is 5.56 Å². The lowest BCUT2D eigenvalue weighted by Gasteiger charge is -2.09. The molecule has 0 aliphatic heterocycles. The molecule has 1 fully saturated rings. The van der Waals surface area contributed by atoms with Gasteiger partial charge in [-0.3, -0.25) is 4.79 Å². The van der Waals surface area contributed by atoms with Crippen LogP contribution in [0.15, 0.2) is 24.3 Å². The molecule has 0 saturated heterocycles. The molecule has 0 amide bonds. The van der Waals surface area contributed by atoms with Crippen LogP contribution in [0.25, 0.3) is 0 Å². The van der Waals surface area contributed by atoms with E-state index in [1.165, 1.54) is 0 Å². The summed E-state index contributed by atoms with van der Waals surface area (Å²) in [7, 11) is 0. The van der Waals surface area contributed by atoms with Crippen molar-refractivity contribution in [2.75, 3.05) is 0 Å². The minimum atomic E-state index is -0.406. The fourth-order valence-electron chi connectivity index (χ4n) is 1.50. The van der Waals surface area contributed by atoms with Gasteiger partial charge >= 0.3 is 0 Å². The summed E-state index contributed by atoms with van der Waals surface area (Å²) in [5.74, 6) is 0.764. The van der Waals surface area contributed by atoms with Crippen LogP contribution in [0.2, 0.25) is 0 Å². The zero-order chi connectivity index (χ0) is 11.5. The van der Waals surface area contributed by atoms with Crippen molar-refractivity contribution in [2.24, 2.45) is 5.73 Å². The number of Topliss-reactive ketones (excluding diaryl/α,β-unsaturated/α-hetero) is 1. The maximum Gasteiger partial charge on any atom is 0.179 e. The molecule has 0 aromatic heterocycles. The Morgan fingerprint density at radius 2 is 2.31 bits per heavy atom. The Bertz CT molecular complexity index is 385. The van der Waals surface area contributed by atoms with Crippen LogP contribution in [0.1, 0.15) is 36.5 Å². The largest absolute Gasteiger partial charge is 0.490 e. The highest BCUT2D eigenvalue weighted by Gasteiger charge is 2.24. The maximum atomic E-state index is 11.8. The van der Waals surface area contributed by atoms with Gasteiger partial charge < -0.3 is 10.5 Å². The molecule has 1 saturated carbocycles. The SMILES string of the molecule is CCC(N)C(=O)c1cccc(OC2CC2)c1. The first kappa shape index (κ1) is 11.1. The summed E-state index contributed by atoms with van der Waals surface area (Å²) in [5.41, 5.74) is 6.37. The van der Waals surface area contributed by atoms with Crippen LogP contribution in [0, 0.1) is 0 Å². The van der Waals surface area contributed by atoms with E-state index in [-0.39, 0.29) is 5.78 Å². The van der Waals surface area contributed by atoms with Gasteiger partial charge in [-0.25, -0.2) is 0 Å².